The maximum Gasteiger partial charge on any atom is 0.180 e. The minimum atomic E-state index is 0.539. The van der Waals surface area contributed by atoms with Gasteiger partial charge in [0, 0.05) is 30.7 Å². The number of aromatic nitrogens is 3. The van der Waals surface area contributed by atoms with Gasteiger partial charge in [0.15, 0.2) is 11.5 Å². The van der Waals surface area contributed by atoms with E-state index in [-0.39, 0.29) is 0 Å². The average molecular weight is 309 g/mol. The van der Waals surface area contributed by atoms with Gasteiger partial charge in [-0.3, -0.25) is 0 Å². The molecule has 5 heteroatoms. The van der Waals surface area contributed by atoms with Gasteiger partial charge in [0.25, 0.3) is 0 Å². The standard InChI is InChI=1S/C13H17BrN4/c1-3-10-5-4-9(2)18(10)13-12-15-6-7-17(12)8-11(14)16-13/h6-10H,3-5H2,1-2H3. The molecule has 2 aromatic heterocycles. The molecule has 0 bridgehead atoms. The molecule has 96 valence electrons. The van der Waals surface area contributed by atoms with Crippen molar-refractivity contribution in [2.24, 2.45) is 0 Å². The average Bonchev–Trinajstić information content (AvgIpc) is 2.94. The molecule has 18 heavy (non-hydrogen) atoms. The zero-order valence-electron chi connectivity index (χ0n) is 10.7. The number of halogens is 1. The molecule has 0 spiro atoms. The van der Waals surface area contributed by atoms with Crippen LogP contribution in [0.25, 0.3) is 5.65 Å². The minimum Gasteiger partial charge on any atom is -0.348 e. The van der Waals surface area contributed by atoms with Gasteiger partial charge < -0.3 is 9.30 Å². The Hall–Kier alpha value is -1.10. The summed E-state index contributed by atoms with van der Waals surface area (Å²) >= 11 is 3.49. The molecular weight excluding hydrogens is 292 g/mol. The van der Waals surface area contributed by atoms with Crippen molar-refractivity contribution in [1.82, 2.24) is 14.4 Å². The SMILES string of the molecule is CCC1CCC(C)N1c1nc(Br)cn2ccnc12. The fourth-order valence-electron chi connectivity index (χ4n) is 2.91. The third-order valence-electron chi connectivity index (χ3n) is 3.83. The van der Waals surface area contributed by atoms with Gasteiger partial charge in [0.05, 0.1) is 0 Å². The number of fused-ring (bicyclic) bond motifs is 1. The minimum absolute atomic E-state index is 0.539. The van der Waals surface area contributed by atoms with E-state index in [4.69, 9.17) is 0 Å². The van der Waals surface area contributed by atoms with Gasteiger partial charge in [-0.05, 0) is 42.1 Å². The molecular formula is C13H17BrN4. The van der Waals surface area contributed by atoms with Crippen molar-refractivity contribution >= 4 is 27.4 Å². The first kappa shape index (κ1) is 12.0. The van der Waals surface area contributed by atoms with Crippen LogP contribution in [0.4, 0.5) is 5.82 Å². The lowest BCUT2D eigenvalue weighted by Gasteiger charge is -2.29. The van der Waals surface area contributed by atoms with Gasteiger partial charge in [0.1, 0.15) is 4.60 Å². The smallest absolute Gasteiger partial charge is 0.180 e. The molecule has 0 saturated carbocycles. The lowest BCUT2D eigenvalue weighted by Crippen LogP contribution is -2.35. The molecule has 4 nitrogen and oxygen atoms in total. The molecule has 1 fully saturated rings. The Morgan fingerprint density at radius 1 is 1.44 bits per heavy atom. The van der Waals surface area contributed by atoms with Crippen molar-refractivity contribution in [2.45, 2.75) is 45.2 Å². The third-order valence-corrected chi connectivity index (χ3v) is 4.21. The highest BCUT2D eigenvalue weighted by atomic mass is 79.9. The van der Waals surface area contributed by atoms with E-state index in [1.165, 1.54) is 12.8 Å². The first-order valence-corrected chi connectivity index (χ1v) is 7.27. The predicted molar refractivity (Wildman–Crippen MR) is 75.9 cm³/mol. The Morgan fingerprint density at radius 3 is 3.06 bits per heavy atom. The molecule has 1 aliphatic rings. The highest BCUT2D eigenvalue weighted by molar-refractivity contribution is 9.10. The van der Waals surface area contributed by atoms with E-state index in [9.17, 15) is 0 Å². The summed E-state index contributed by atoms with van der Waals surface area (Å²) in [6.45, 7) is 4.52. The van der Waals surface area contributed by atoms with Gasteiger partial charge in [-0.2, -0.15) is 0 Å². The molecule has 1 aliphatic heterocycles. The van der Waals surface area contributed by atoms with Crippen molar-refractivity contribution < 1.29 is 0 Å². The van der Waals surface area contributed by atoms with Crippen molar-refractivity contribution in [3.63, 3.8) is 0 Å². The highest BCUT2D eigenvalue weighted by Crippen LogP contribution is 2.33. The quantitative estimate of drug-likeness (QED) is 0.854. The number of nitrogens with zero attached hydrogens (tertiary/aromatic N) is 4. The summed E-state index contributed by atoms with van der Waals surface area (Å²) in [5.41, 5.74) is 0.949. The molecule has 2 atom stereocenters. The molecule has 3 heterocycles. The second-order valence-corrected chi connectivity index (χ2v) is 5.75. The van der Waals surface area contributed by atoms with Crippen LogP contribution in [-0.2, 0) is 0 Å². The predicted octanol–water partition coefficient (Wildman–Crippen LogP) is 3.26. The van der Waals surface area contributed by atoms with Crippen LogP contribution in [-0.4, -0.2) is 26.5 Å². The highest BCUT2D eigenvalue weighted by Gasteiger charge is 2.32. The monoisotopic (exact) mass is 308 g/mol. The number of imidazole rings is 1. The van der Waals surface area contributed by atoms with Gasteiger partial charge in [-0.1, -0.05) is 6.92 Å². The van der Waals surface area contributed by atoms with Crippen LogP contribution in [0.2, 0.25) is 0 Å². The second-order valence-electron chi connectivity index (χ2n) is 4.94. The molecule has 0 N–H and O–H groups in total. The summed E-state index contributed by atoms with van der Waals surface area (Å²) in [7, 11) is 0. The molecule has 1 saturated heterocycles. The van der Waals surface area contributed by atoms with Gasteiger partial charge >= 0.3 is 0 Å². The van der Waals surface area contributed by atoms with Gasteiger partial charge in [-0.25, -0.2) is 9.97 Å². The van der Waals surface area contributed by atoms with Gasteiger partial charge in [0.2, 0.25) is 0 Å². The fraction of sp³-hybridized carbons (Fsp3) is 0.538. The zero-order chi connectivity index (χ0) is 12.7. The summed E-state index contributed by atoms with van der Waals surface area (Å²) in [6.07, 6.45) is 9.39. The zero-order valence-corrected chi connectivity index (χ0v) is 12.3. The summed E-state index contributed by atoms with van der Waals surface area (Å²) in [5, 5.41) is 0. The van der Waals surface area contributed by atoms with Crippen LogP contribution in [0.15, 0.2) is 23.2 Å². The second kappa shape index (κ2) is 4.53. The Bertz CT molecular complexity index is 565. The number of hydrogen-bond donors (Lipinski definition) is 0. The normalized spacial score (nSPS) is 24.1. The molecule has 0 amide bonds. The van der Waals surface area contributed by atoms with Crippen LogP contribution in [0.1, 0.15) is 33.1 Å². The van der Waals surface area contributed by atoms with Crippen LogP contribution in [0.3, 0.4) is 0 Å². The Balaban J connectivity index is 2.15. The molecule has 0 aliphatic carbocycles. The summed E-state index contributed by atoms with van der Waals surface area (Å²) < 4.78 is 2.89. The van der Waals surface area contributed by atoms with E-state index < -0.39 is 0 Å². The van der Waals surface area contributed by atoms with Crippen molar-refractivity contribution in [1.29, 1.82) is 0 Å². The van der Waals surface area contributed by atoms with Gasteiger partial charge in [-0.15, -0.1) is 0 Å². The Labute approximate surface area is 115 Å². The maximum atomic E-state index is 4.66. The van der Waals surface area contributed by atoms with Crippen molar-refractivity contribution in [3.05, 3.63) is 23.2 Å². The third kappa shape index (κ3) is 1.81. The molecule has 0 radical (unpaired) electrons. The topological polar surface area (TPSA) is 33.4 Å². The van der Waals surface area contributed by atoms with Crippen LogP contribution >= 0.6 is 15.9 Å². The Kier molecular flexibility index (Phi) is 3.01. The van der Waals surface area contributed by atoms with Crippen LogP contribution < -0.4 is 4.90 Å². The molecule has 2 unspecified atom stereocenters. The first-order valence-electron chi connectivity index (χ1n) is 6.48. The van der Waals surface area contributed by atoms with E-state index in [1.807, 2.05) is 23.0 Å². The lowest BCUT2D eigenvalue weighted by atomic mass is 10.1. The first-order chi connectivity index (χ1) is 8.70. The molecule has 2 aromatic rings. The Morgan fingerprint density at radius 2 is 2.28 bits per heavy atom. The van der Waals surface area contributed by atoms with Crippen molar-refractivity contribution in [3.8, 4) is 0 Å². The molecule has 3 rings (SSSR count). The van der Waals surface area contributed by atoms with Crippen LogP contribution in [0.5, 0.6) is 0 Å². The van der Waals surface area contributed by atoms with E-state index >= 15 is 0 Å². The lowest BCUT2D eigenvalue weighted by molar-refractivity contribution is 0.621. The van der Waals surface area contributed by atoms with E-state index in [0.717, 1.165) is 22.5 Å². The van der Waals surface area contributed by atoms with E-state index in [1.54, 1.807) is 0 Å². The summed E-state index contributed by atoms with van der Waals surface area (Å²) in [5.74, 6) is 1.01. The number of hydrogen-bond acceptors (Lipinski definition) is 3. The fourth-order valence-corrected chi connectivity index (χ4v) is 3.30. The maximum absolute atomic E-state index is 4.66. The number of rotatable bonds is 2. The number of anilines is 1. The van der Waals surface area contributed by atoms with E-state index in [2.05, 4.69) is 44.6 Å². The molecule has 0 aromatic carbocycles. The summed E-state index contributed by atoms with van der Waals surface area (Å²) in [4.78, 5) is 11.5. The summed E-state index contributed by atoms with van der Waals surface area (Å²) in [6, 6.07) is 1.12. The van der Waals surface area contributed by atoms with E-state index in [0.29, 0.717) is 12.1 Å². The van der Waals surface area contributed by atoms with Crippen molar-refractivity contribution in [2.75, 3.05) is 4.90 Å². The van der Waals surface area contributed by atoms with Crippen LogP contribution in [0, 0.1) is 0 Å². The largest absolute Gasteiger partial charge is 0.348 e.